The van der Waals surface area contributed by atoms with E-state index in [9.17, 15) is 14.3 Å². The van der Waals surface area contributed by atoms with E-state index in [0.717, 1.165) is 5.56 Å². The van der Waals surface area contributed by atoms with Crippen molar-refractivity contribution in [2.45, 2.75) is 18.3 Å². The minimum atomic E-state index is -1.27. The first kappa shape index (κ1) is 15.2. The van der Waals surface area contributed by atoms with Gasteiger partial charge in [-0.2, -0.15) is 0 Å². The molecule has 2 aromatic rings. The van der Waals surface area contributed by atoms with E-state index in [0.29, 0.717) is 18.4 Å². The second-order valence-corrected chi connectivity index (χ2v) is 5.09. The molecule has 110 valence electrons. The second kappa shape index (κ2) is 6.50. The Kier molecular flexibility index (Phi) is 4.70. The number of aliphatic carboxylic acids is 1. The molecular weight excluding hydrogens is 269 g/mol. The number of rotatable bonds is 6. The lowest BCUT2D eigenvalue weighted by molar-refractivity contribution is -0.143. The van der Waals surface area contributed by atoms with E-state index >= 15 is 0 Å². The Morgan fingerprint density at radius 1 is 1.14 bits per heavy atom. The second-order valence-electron chi connectivity index (χ2n) is 5.09. The van der Waals surface area contributed by atoms with E-state index in [4.69, 9.17) is 5.73 Å². The third kappa shape index (κ3) is 3.28. The molecular formula is C17H18FNO2. The van der Waals surface area contributed by atoms with Crippen LogP contribution in [0.15, 0.2) is 54.6 Å². The molecule has 0 spiro atoms. The van der Waals surface area contributed by atoms with Gasteiger partial charge in [0.15, 0.2) is 0 Å². The number of benzene rings is 2. The summed E-state index contributed by atoms with van der Waals surface area (Å²) in [6, 6.07) is 15.3. The highest BCUT2D eigenvalue weighted by atomic mass is 19.1. The first-order chi connectivity index (χ1) is 10.1. The number of halogens is 1. The molecule has 21 heavy (non-hydrogen) atoms. The number of carboxylic acid groups (broad SMARTS) is 1. The number of nitrogens with two attached hydrogens (primary N) is 1. The van der Waals surface area contributed by atoms with Crippen LogP contribution in [0, 0.1) is 5.82 Å². The zero-order valence-electron chi connectivity index (χ0n) is 11.6. The standard InChI is InChI=1S/C17H18FNO2/c18-15-8-4-7-14(11-15)17(12-19,16(20)21)10-9-13-5-2-1-3-6-13/h1-8,11H,9-10,12,19H2,(H,20,21). The summed E-state index contributed by atoms with van der Waals surface area (Å²) in [5, 5.41) is 9.64. The van der Waals surface area contributed by atoms with Crippen molar-refractivity contribution in [1.82, 2.24) is 0 Å². The van der Waals surface area contributed by atoms with E-state index in [1.165, 1.54) is 18.2 Å². The van der Waals surface area contributed by atoms with E-state index in [1.807, 2.05) is 30.3 Å². The van der Waals surface area contributed by atoms with Gasteiger partial charge in [0.2, 0.25) is 0 Å². The van der Waals surface area contributed by atoms with E-state index in [2.05, 4.69) is 0 Å². The van der Waals surface area contributed by atoms with Gasteiger partial charge in [-0.3, -0.25) is 4.79 Å². The van der Waals surface area contributed by atoms with Crippen molar-refractivity contribution in [3.63, 3.8) is 0 Å². The number of hydrogen-bond donors (Lipinski definition) is 2. The summed E-state index contributed by atoms with van der Waals surface area (Å²) in [5.74, 6) is -1.47. The molecule has 1 unspecified atom stereocenters. The molecule has 0 aliphatic rings. The Balaban J connectivity index is 2.31. The maximum atomic E-state index is 13.4. The first-order valence-electron chi connectivity index (χ1n) is 6.82. The van der Waals surface area contributed by atoms with Crippen LogP contribution < -0.4 is 5.73 Å². The molecule has 0 fully saturated rings. The zero-order valence-corrected chi connectivity index (χ0v) is 11.6. The highest BCUT2D eigenvalue weighted by Crippen LogP contribution is 2.30. The molecule has 4 heteroatoms. The Hall–Kier alpha value is -2.20. The summed E-state index contributed by atoms with van der Waals surface area (Å²) < 4.78 is 13.4. The lowest BCUT2D eigenvalue weighted by atomic mass is 9.76. The minimum absolute atomic E-state index is 0.0708. The van der Waals surface area contributed by atoms with Crippen molar-refractivity contribution in [2.75, 3.05) is 6.54 Å². The summed E-state index contributed by atoms with van der Waals surface area (Å²) in [6.07, 6.45) is 0.896. The van der Waals surface area contributed by atoms with Crippen molar-refractivity contribution in [3.05, 3.63) is 71.5 Å². The van der Waals surface area contributed by atoms with Crippen molar-refractivity contribution >= 4 is 5.97 Å². The monoisotopic (exact) mass is 287 g/mol. The lowest BCUT2D eigenvalue weighted by Crippen LogP contribution is -2.43. The molecule has 0 aliphatic heterocycles. The zero-order chi connectivity index (χ0) is 15.3. The van der Waals surface area contributed by atoms with Gasteiger partial charge in [0, 0.05) is 6.54 Å². The molecule has 0 saturated heterocycles. The fraction of sp³-hybridized carbons (Fsp3) is 0.235. The number of aryl methyl sites for hydroxylation is 1. The van der Waals surface area contributed by atoms with E-state index < -0.39 is 17.2 Å². The number of hydrogen-bond acceptors (Lipinski definition) is 2. The van der Waals surface area contributed by atoms with Gasteiger partial charge in [-0.25, -0.2) is 4.39 Å². The highest BCUT2D eigenvalue weighted by molar-refractivity contribution is 5.81. The normalized spacial score (nSPS) is 13.6. The molecule has 0 heterocycles. The van der Waals surface area contributed by atoms with Crippen LogP contribution in [0.4, 0.5) is 4.39 Å². The van der Waals surface area contributed by atoms with Crippen LogP contribution in [0.25, 0.3) is 0 Å². The molecule has 2 aromatic carbocycles. The van der Waals surface area contributed by atoms with Crippen molar-refractivity contribution in [2.24, 2.45) is 5.73 Å². The summed E-state index contributed by atoms with van der Waals surface area (Å²) in [6.45, 7) is -0.0708. The van der Waals surface area contributed by atoms with Crippen molar-refractivity contribution in [3.8, 4) is 0 Å². The lowest BCUT2D eigenvalue weighted by Gasteiger charge is -2.28. The van der Waals surface area contributed by atoms with Gasteiger partial charge in [-0.1, -0.05) is 42.5 Å². The fourth-order valence-electron chi connectivity index (χ4n) is 2.47. The van der Waals surface area contributed by atoms with Gasteiger partial charge in [0.1, 0.15) is 11.2 Å². The van der Waals surface area contributed by atoms with Crippen LogP contribution in [-0.2, 0) is 16.6 Å². The summed E-state index contributed by atoms with van der Waals surface area (Å²) in [5.41, 5.74) is 5.93. The first-order valence-corrected chi connectivity index (χ1v) is 6.82. The van der Waals surface area contributed by atoms with Crippen LogP contribution in [-0.4, -0.2) is 17.6 Å². The third-order valence-corrected chi connectivity index (χ3v) is 3.82. The molecule has 0 saturated carbocycles. The average molecular weight is 287 g/mol. The molecule has 3 N–H and O–H groups in total. The van der Waals surface area contributed by atoms with Gasteiger partial charge >= 0.3 is 5.97 Å². The van der Waals surface area contributed by atoms with Crippen LogP contribution in [0.5, 0.6) is 0 Å². The molecule has 0 amide bonds. The quantitative estimate of drug-likeness (QED) is 0.858. The maximum Gasteiger partial charge on any atom is 0.315 e. The van der Waals surface area contributed by atoms with Gasteiger partial charge in [0.05, 0.1) is 0 Å². The summed E-state index contributed by atoms with van der Waals surface area (Å²) >= 11 is 0. The molecule has 1 atom stereocenters. The van der Waals surface area contributed by atoms with Gasteiger partial charge in [-0.05, 0) is 36.1 Å². The predicted molar refractivity (Wildman–Crippen MR) is 79.5 cm³/mol. The molecule has 0 aliphatic carbocycles. The molecule has 0 radical (unpaired) electrons. The largest absolute Gasteiger partial charge is 0.481 e. The van der Waals surface area contributed by atoms with Crippen LogP contribution in [0.1, 0.15) is 17.5 Å². The van der Waals surface area contributed by atoms with Gasteiger partial charge in [-0.15, -0.1) is 0 Å². The average Bonchev–Trinajstić information content (AvgIpc) is 2.49. The van der Waals surface area contributed by atoms with Crippen molar-refractivity contribution in [1.29, 1.82) is 0 Å². The Morgan fingerprint density at radius 3 is 2.43 bits per heavy atom. The van der Waals surface area contributed by atoms with Crippen LogP contribution in [0.3, 0.4) is 0 Å². The predicted octanol–water partition coefficient (Wildman–Crippen LogP) is 2.74. The maximum absolute atomic E-state index is 13.4. The Morgan fingerprint density at radius 2 is 1.86 bits per heavy atom. The Bertz CT molecular complexity index is 615. The number of carboxylic acids is 1. The van der Waals surface area contributed by atoms with E-state index in [-0.39, 0.29) is 6.54 Å². The molecule has 0 bridgehead atoms. The molecule has 0 aromatic heterocycles. The van der Waals surface area contributed by atoms with E-state index in [1.54, 1.807) is 6.07 Å². The number of carbonyl (C=O) groups is 1. The van der Waals surface area contributed by atoms with Gasteiger partial charge in [0.25, 0.3) is 0 Å². The minimum Gasteiger partial charge on any atom is -0.481 e. The third-order valence-electron chi connectivity index (χ3n) is 3.82. The summed E-state index contributed by atoms with van der Waals surface area (Å²) in [4.78, 5) is 11.8. The van der Waals surface area contributed by atoms with Crippen LogP contribution >= 0.6 is 0 Å². The van der Waals surface area contributed by atoms with Gasteiger partial charge < -0.3 is 10.8 Å². The smallest absolute Gasteiger partial charge is 0.315 e. The SMILES string of the molecule is NCC(CCc1ccccc1)(C(=O)O)c1cccc(F)c1. The highest BCUT2D eigenvalue weighted by Gasteiger charge is 2.38. The molecule has 2 rings (SSSR count). The molecule has 3 nitrogen and oxygen atoms in total. The fourth-order valence-corrected chi connectivity index (χ4v) is 2.47. The van der Waals surface area contributed by atoms with Crippen molar-refractivity contribution < 1.29 is 14.3 Å². The summed E-state index contributed by atoms with van der Waals surface area (Å²) in [7, 11) is 0. The topological polar surface area (TPSA) is 63.3 Å². The Labute approximate surface area is 123 Å². The van der Waals surface area contributed by atoms with Crippen LogP contribution in [0.2, 0.25) is 0 Å².